The molecule has 0 amide bonds. The van der Waals surface area contributed by atoms with E-state index in [-0.39, 0.29) is 0 Å². The van der Waals surface area contributed by atoms with Crippen LogP contribution in [0.15, 0.2) is 59.5 Å². The lowest BCUT2D eigenvalue weighted by Crippen LogP contribution is -2.30. The maximum atomic E-state index is 13.9. The Labute approximate surface area is 161 Å². The molecule has 0 fully saturated rings. The third kappa shape index (κ3) is 3.78. The Kier molecular flexibility index (Phi) is 4.48. The average molecular weight is 408 g/mol. The first-order valence-electron chi connectivity index (χ1n) is 8.40. The van der Waals surface area contributed by atoms with Gasteiger partial charge in [0.05, 0.1) is 17.2 Å². The van der Waals surface area contributed by atoms with Gasteiger partial charge < -0.3 is 9.64 Å². The molecule has 150 valence electrons. The van der Waals surface area contributed by atoms with E-state index in [1.807, 2.05) is 0 Å². The molecule has 0 N–H and O–H groups in total. The van der Waals surface area contributed by atoms with Gasteiger partial charge in [-0.15, -0.1) is 13.2 Å². The van der Waals surface area contributed by atoms with Crippen LogP contribution < -0.4 is 9.64 Å². The first-order chi connectivity index (χ1) is 13.7. The maximum absolute atomic E-state index is 13.9. The number of anilines is 1. The number of imidazole rings is 1. The maximum Gasteiger partial charge on any atom is 0.573 e. The summed E-state index contributed by atoms with van der Waals surface area (Å²) in [6.07, 6.45) is -3.41. The number of fused-ring (bicyclic) bond motifs is 1. The number of aromatic nitrogens is 2. The predicted molar refractivity (Wildman–Crippen MR) is 96.8 cm³/mol. The van der Waals surface area contributed by atoms with E-state index >= 15 is 0 Å². The third-order valence-corrected chi connectivity index (χ3v) is 4.27. The van der Waals surface area contributed by atoms with Crippen LogP contribution in [0.2, 0.25) is 0 Å². The molecule has 0 saturated carbocycles. The first-order valence-corrected chi connectivity index (χ1v) is 8.40. The van der Waals surface area contributed by atoms with Gasteiger partial charge >= 0.3 is 6.36 Å². The van der Waals surface area contributed by atoms with Crippen LogP contribution in [0.25, 0.3) is 11.0 Å². The zero-order valence-electron chi connectivity index (χ0n) is 14.9. The van der Waals surface area contributed by atoms with Gasteiger partial charge in [0.15, 0.2) is 5.83 Å². The molecule has 0 saturated heterocycles. The number of rotatable bonds is 3. The quantitative estimate of drug-likeness (QED) is 0.557. The van der Waals surface area contributed by atoms with E-state index in [2.05, 4.69) is 14.7 Å². The predicted octanol–water partition coefficient (Wildman–Crippen LogP) is 5.24. The minimum Gasteiger partial charge on any atom is -0.406 e. The number of ether oxygens (including phenoxy) is 1. The molecule has 2 heterocycles. The van der Waals surface area contributed by atoms with Gasteiger partial charge in [-0.1, -0.05) is 0 Å². The molecule has 0 bridgehead atoms. The molecule has 2 aromatic carbocycles. The number of halogens is 5. The molecule has 1 aliphatic rings. The highest BCUT2D eigenvalue weighted by molar-refractivity contribution is 5.80. The molecule has 29 heavy (non-hydrogen) atoms. The fourth-order valence-electron chi connectivity index (χ4n) is 3.15. The SMILES string of the molecule is Cc1nc2cc(F)ccc2n1C1N=CC(F)=CN1c1ccc(OC(F)(F)F)cc1. The van der Waals surface area contributed by atoms with Gasteiger partial charge in [0.25, 0.3) is 0 Å². The number of hydrogen-bond donors (Lipinski definition) is 0. The highest BCUT2D eigenvalue weighted by Crippen LogP contribution is 2.33. The van der Waals surface area contributed by atoms with Gasteiger partial charge in [0.2, 0.25) is 6.29 Å². The number of nitrogens with zero attached hydrogens (tertiary/aromatic N) is 4. The summed E-state index contributed by atoms with van der Waals surface area (Å²) in [5.74, 6) is -0.977. The summed E-state index contributed by atoms with van der Waals surface area (Å²) in [5.41, 5.74) is 1.35. The molecule has 3 aromatic rings. The second-order valence-corrected chi connectivity index (χ2v) is 6.25. The summed E-state index contributed by atoms with van der Waals surface area (Å²) in [7, 11) is 0. The minimum absolute atomic E-state index is 0.375. The van der Waals surface area contributed by atoms with Gasteiger partial charge in [0.1, 0.15) is 17.4 Å². The smallest absolute Gasteiger partial charge is 0.406 e. The molecule has 5 nitrogen and oxygen atoms in total. The van der Waals surface area contributed by atoms with Crippen molar-refractivity contribution in [3.05, 3.63) is 66.1 Å². The monoisotopic (exact) mass is 408 g/mol. The molecule has 1 aliphatic heterocycles. The number of aliphatic imine (C=N–C) groups is 1. The highest BCUT2D eigenvalue weighted by atomic mass is 19.4. The average Bonchev–Trinajstić information content (AvgIpc) is 2.96. The third-order valence-electron chi connectivity index (χ3n) is 4.27. The zero-order valence-corrected chi connectivity index (χ0v) is 14.9. The molecule has 10 heteroatoms. The molecule has 0 spiro atoms. The van der Waals surface area contributed by atoms with Crippen LogP contribution in [0, 0.1) is 12.7 Å². The topological polar surface area (TPSA) is 42.7 Å². The summed E-state index contributed by atoms with van der Waals surface area (Å²) < 4.78 is 70.1. The van der Waals surface area contributed by atoms with Gasteiger partial charge in [0, 0.05) is 18.0 Å². The Balaban J connectivity index is 1.74. The van der Waals surface area contributed by atoms with Crippen LogP contribution in [0.4, 0.5) is 27.6 Å². The first kappa shape index (κ1) is 18.9. The Morgan fingerprint density at radius 2 is 1.76 bits per heavy atom. The molecule has 0 radical (unpaired) electrons. The Morgan fingerprint density at radius 3 is 2.45 bits per heavy atom. The van der Waals surface area contributed by atoms with Crippen molar-refractivity contribution >= 4 is 22.9 Å². The second-order valence-electron chi connectivity index (χ2n) is 6.25. The Bertz CT molecular complexity index is 1120. The lowest BCUT2D eigenvalue weighted by atomic mass is 10.2. The molecule has 0 aliphatic carbocycles. The van der Waals surface area contributed by atoms with Crippen LogP contribution in [0.5, 0.6) is 5.75 Å². The van der Waals surface area contributed by atoms with E-state index in [9.17, 15) is 22.0 Å². The zero-order chi connectivity index (χ0) is 20.8. The fourth-order valence-corrected chi connectivity index (χ4v) is 3.15. The standard InChI is InChI=1S/C19H13F5N4O/c1-11-26-16-8-12(20)2-7-17(16)28(11)18-25-9-13(21)10-27(18)14-3-5-15(6-4-14)29-19(22,23)24/h2-10,18H,1H3. The molecule has 1 aromatic heterocycles. The lowest BCUT2D eigenvalue weighted by molar-refractivity contribution is -0.274. The highest BCUT2D eigenvalue weighted by Gasteiger charge is 2.31. The number of alkyl halides is 3. The summed E-state index contributed by atoms with van der Waals surface area (Å²) in [5, 5.41) is 0. The lowest BCUT2D eigenvalue weighted by Gasteiger charge is -2.31. The van der Waals surface area contributed by atoms with Crippen LogP contribution in [0.3, 0.4) is 0 Å². The van der Waals surface area contributed by atoms with Crippen molar-refractivity contribution in [1.82, 2.24) is 9.55 Å². The van der Waals surface area contributed by atoms with Crippen LogP contribution >= 0.6 is 0 Å². The van der Waals surface area contributed by atoms with Crippen molar-refractivity contribution in [3.63, 3.8) is 0 Å². The minimum atomic E-state index is -4.81. The Morgan fingerprint density at radius 1 is 1.03 bits per heavy atom. The van der Waals surface area contributed by atoms with Gasteiger partial charge in [-0.2, -0.15) is 0 Å². The van der Waals surface area contributed by atoms with Crippen LogP contribution in [-0.2, 0) is 0 Å². The van der Waals surface area contributed by atoms with Crippen molar-refractivity contribution in [2.24, 2.45) is 4.99 Å². The van der Waals surface area contributed by atoms with Crippen LogP contribution in [0.1, 0.15) is 12.1 Å². The summed E-state index contributed by atoms with van der Waals surface area (Å²) in [6, 6.07) is 9.04. The van der Waals surface area contributed by atoms with Crippen molar-refractivity contribution < 1.29 is 26.7 Å². The van der Waals surface area contributed by atoms with Crippen LogP contribution in [-0.4, -0.2) is 22.1 Å². The normalized spacial score (nSPS) is 17.0. The van der Waals surface area contributed by atoms with Crippen molar-refractivity contribution in [1.29, 1.82) is 0 Å². The summed E-state index contributed by atoms with van der Waals surface area (Å²) in [4.78, 5) is 9.95. The van der Waals surface area contributed by atoms with Crippen molar-refractivity contribution in [2.75, 3.05) is 4.90 Å². The van der Waals surface area contributed by atoms with Crippen molar-refractivity contribution in [2.45, 2.75) is 19.6 Å². The number of hydrogen-bond acceptors (Lipinski definition) is 4. The summed E-state index contributed by atoms with van der Waals surface area (Å²) >= 11 is 0. The number of aryl methyl sites for hydroxylation is 1. The van der Waals surface area contributed by atoms with E-state index in [1.165, 1.54) is 41.4 Å². The van der Waals surface area contributed by atoms with Gasteiger partial charge in [-0.05, 0) is 43.3 Å². The fraction of sp³-hybridized carbons (Fsp3) is 0.158. The number of benzene rings is 2. The van der Waals surface area contributed by atoms with E-state index in [0.717, 1.165) is 18.3 Å². The second kappa shape index (κ2) is 6.87. The molecular formula is C19H13F5N4O. The summed E-state index contributed by atoms with van der Waals surface area (Å²) in [6.45, 7) is 1.69. The molecular weight excluding hydrogens is 395 g/mol. The van der Waals surface area contributed by atoms with E-state index in [4.69, 9.17) is 0 Å². The van der Waals surface area contributed by atoms with Gasteiger partial charge in [-0.25, -0.2) is 18.8 Å². The van der Waals surface area contributed by atoms with E-state index in [1.54, 1.807) is 11.5 Å². The largest absolute Gasteiger partial charge is 0.573 e. The van der Waals surface area contributed by atoms with Crippen molar-refractivity contribution in [3.8, 4) is 5.75 Å². The molecule has 1 atom stereocenters. The Hall–Kier alpha value is -3.43. The van der Waals surface area contributed by atoms with E-state index < -0.39 is 30.0 Å². The number of allylic oxidation sites excluding steroid dienone is 1. The molecule has 1 unspecified atom stereocenters. The van der Waals surface area contributed by atoms with E-state index in [0.29, 0.717) is 22.5 Å². The molecule has 4 rings (SSSR count). The van der Waals surface area contributed by atoms with Gasteiger partial charge in [-0.3, -0.25) is 4.57 Å².